The van der Waals surface area contributed by atoms with Gasteiger partial charge in [0.2, 0.25) is 5.91 Å². The van der Waals surface area contributed by atoms with Gasteiger partial charge in [0.15, 0.2) is 0 Å². The number of carbonyl (C=O) groups excluding carboxylic acids is 1. The highest BCUT2D eigenvalue weighted by atomic mass is 16.2. The zero-order valence-electron chi connectivity index (χ0n) is 11.0. The first-order chi connectivity index (χ1) is 7.30. The normalized spacial score (nSPS) is 27.8. The maximum atomic E-state index is 11.8. The Bertz CT molecular complexity index is 245. The molecule has 16 heavy (non-hydrogen) atoms. The van der Waals surface area contributed by atoms with E-state index in [1.807, 2.05) is 20.8 Å². The molecule has 0 radical (unpaired) electrons. The van der Waals surface area contributed by atoms with Crippen LogP contribution in [0.25, 0.3) is 0 Å². The Kier molecular flexibility index (Phi) is 4.36. The second-order valence-corrected chi connectivity index (χ2v) is 6.37. The van der Waals surface area contributed by atoms with E-state index >= 15 is 0 Å². The average molecular weight is 226 g/mol. The van der Waals surface area contributed by atoms with E-state index in [1.165, 1.54) is 19.3 Å². The van der Waals surface area contributed by atoms with Crippen molar-refractivity contribution in [3.63, 3.8) is 0 Å². The molecule has 3 heteroatoms. The Morgan fingerprint density at radius 2 is 2.06 bits per heavy atom. The lowest BCUT2D eigenvalue weighted by molar-refractivity contribution is -0.124. The minimum atomic E-state index is -0.411. The van der Waals surface area contributed by atoms with Crippen molar-refractivity contribution in [2.45, 2.75) is 53.0 Å². The summed E-state index contributed by atoms with van der Waals surface area (Å²) in [4.78, 5) is 11.8. The summed E-state index contributed by atoms with van der Waals surface area (Å²) in [6, 6.07) is -0.411. The lowest BCUT2D eigenvalue weighted by Crippen LogP contribution is -2.49. The van der Waals surface area contributed by atoms with E-state index in [4.69, 9.17) is 5.73 Å². The van der Waals surface area contributed by atoms with Crippen molar-refractivity contribution in [3.8, 4) is 0 Å². The van der Waals surface area contributed by atoms with Gasteiger partial charge in [-0.25, -0.2) is 0 Å². The van der Waals surface area contributed by atoms with Gasteiger partial charge in [-0.3, -0.25) is 4.79 Å². The van der Waals surface area contributed by atoms with Crippen molar-refractivity contribution in [1.29, 1.82) is 0 Å². The minimum absolute atomic E-state index is 0.00736. The third kappa shape index (κ3) is 3.78. The zero-order chi connectivity index (χ0) is 12.3. The molecule has 0 heterocycles. The molecule has 1 aliphatic rings. The van der Waals surface area contributed by atoms with Gasteiger partial charge in [-0.1, -0.05) is 34.1 Å². The van der Waals surface area contributed by atoms with Crippen molar-refractivity contribution in [2.24, 2.45) is 23.0 Å². The van der Waals surface area contributed by atoms with Gasteiger partial charge in [0, 0.05) is 6.54 Å². The van der Waals surface area contributed by atoms with Crippen LogP contribution in [0.4, 0.5) is 0 Å². The van der Waals surface area contributed by atoms with Gasteiger partial charge in [-0.05, 0) is 30.1 Å². The van der Waals surface area contributed by atoms with E-state index in [0.717, 1.165) is 12.5 Å². The van der Waals surface area contributed by atoms with E-state index in [0.29, 0.717) is 5.92 Å². The molecule has 1 rings (SSSR count). The van der Waals surface area contributed by atoms with Crippen LogP contribution < -0.4 is 11.1 Å². The summed E-state index contributed by atoms with van der Waals surface area (Å²) in [5.74, 6) is 1.47. The molecule has 0 aromatic rings. The molecule has 1 aliphatic carbocycles. The summed E-state index contributed by atoms with van der Waals surface area (Å²) in [7, 11) is 0. The highest BCUT2D eigenvalue weighted by Gasteiger charge is 2.28. The highest BCUT2D eigenvalue weighted by molar-refractivity contribution is 5.82. The quantitative estimate of drug-likeness (QED) is 0.772. The summed E-state index contributed by atoms with van der Waals surface area (Å²) in [6.45, 7) is 9.06. The van der Waals surface area contributed by atoms with Gasteiger partial charge < -0.3 is 11.1 Å². The first kappa shape index (κ1) is 13.5. The molecule has 3 N–H and O–H groups in total. The molecular weight excluding hydrogens is 200 g/mol. The number of amides is 1. The molecular formula is C13H26N2O. The number of carbonyl (C=O) groups is 1. The molecule has 0 saturated heterocycles. The van der Waals surface area contributed by atoms with E-state index in [9.17, 15) is 4.79 Å². The molecule has 1 amide bonds. The maximum absolute atomic E-state index is 11.8. The van der Waals surface area contributed by atoms with Crippen LogP contribution in [0.3, 0.4) is 0 Å². The van der Waals surface area contributed by atoms with Gasteiger partial charge in [0.25, 0.3) is 0 Å². The maximum Gasteiger partial charge on any atom is 0.237 e. The Labute approximate surface area is 99.2 Å². The standard InChI is InChI=1S/C13H26N2O/c1-9-5-6-10(7-9)8-15-12(16)11(14)13(2,3)4/h9-11H,5-8,14H2,1-4H3,(H,15,16). The molecule has 0 aromatic carbocycles. The Hall–Kier alpha value is -0.570. The second-order valence-electron chi connectivity index (χ2n) is 6.37. The summed E-state index contributed by atoms with van der Waals surface area (Å²) in [5, 5.41) is 2.99. The van der Waals surface area contributed by atoms with E-state index in [-0.39, 0.29) is 11.3 Å². The summed E-state index contributed by atoms with van der Waals surface area (Å²) in [6.07, 6.45) is 3.78. The van der Waals surface area contributed by atoms with E-state index in [2.05, 4.69) is 12.2 Å². The average Bonchev–Trinajstić information content (AvgIpc) is 2.58. The fourth-order valence-corrected chi connectivity index (χ4v) is 2.26. The molecule has 3 unspecified atom stereocenters. The molecule has 0 aromatic heterocycles. The molecule has 1 fully saturated rings. The molecule has 3 nitrogen and oxygen atoms in total. The lowest BCUT2D eigenvalue weighted by Gasteiger charge is -2.26. The number of hydrogen-bond donors (Lipinski definition) is 2. The van der Waals surface area contributed by atoms with Crippen LogP contribution in [0.15, 0.2) is 0 Å². The molecule has 3 atom stereocenters. The number of nitrogens with one attached hydrogen (secondary N) is 1. The van der Waals surface area contributed by atoms with Gasteiger partial charge in [-0.2, -0.15) is 0 Å². The van der Waals surface area contributed by atoms with Crippen molar-refractivity contribution in [1.82, 2.24) is 5.32 Å². The molecule has 0 spiro atoms. The number of hydrogen-bond acceptors (Lipinski definition) is 2. The van der Waals surface area contributed by atoms with Crippen LogP contribution >= 0.6 is 0 Å². The summed E-state index contributed by atoms with van der Waals surface area (Å²) in [5.41, 5.74) is 5.73. The molecule has 94 valence electrons. The largest absolute Gasteiger partial charge is 0.354 e. The summed E-state index contributed by atoms with van der Waals surface area (Å²) < 4.78 is 0. The fourth-order valence-electron chi connectivity index (χ4n) is 2.26. The summed E-state index contributed by atoms with van der Waals surface area (Å²) >= 11 is 0. The van der Waals surface area contributed by atoms with Crippen LogP contribution in [0.1, 0.15) is 47.0 Å². The second kappa shape index (κ2) is 5.17. The first-order valence-electron chi connectivity index (χ1n) is 6.34. The van der Waals surface area contributed by atoms with Crippen LogP contribution in [0.2, 0.25) is 0 Å². The first-order valence-corrected chi connectivity index (χ1v) is 6.34. The predicted molar refractivity (Wildman–Crippen MR) is 66.9 cm³/mol. The van der Waals surface area contributed by atoms with Gasteiger partial charge in [0.05, 0.1) is 6.04 Å². The third-order valence-corrected chi connectivity index (χ3v) is 3.58. The van der Waals surface area contributed by atoms with Crippen molar-refractivity contribution >= 4 is 5.91 Å². The van der Waals surface area contributed by atoms with E-state index < -0.39 is 6.04 Å². The van der Waals surface area contributed by atoms with Crippen molar-refractivity contribution in [3.05, 3.63) is 0 Å². The van der Waals surface area contributed by atoms with Gasteiger partial charge >= 0.3 is 0 Å². The minimum Gasteiger partial charge on any atom is -0.354 e. The SMILES string of the molecule is CC1CCC(CNC(=O)C(N)C(C)(C)C)C1. The molecule has 0 aliphatic heterocycles. The monoisotopic (exact) mass is 226 g/mol. The Morgan fingerprint density at radius 1 is 1.44 bits per heavy atom. The third-order valence-electron chi connectivity index (χ3n) is 3.58. The van der Waals surface area contributed by atoms with Gasteiger partial charge in [-0.15, -0.1) is 0 Å². The zero-order valence-corrected chi connectivity index (χ0v) is 11.0. The highest BCUT2D eigenvalue weighted by Crippen LogP contribution is 2.29. The van der Waals surface area contributed by atoms with Crippen LogP contribution in [-0.4, -0.2) is 18.5 Å². The number of nitrogens with two attached hydrogens (primary N) is 1. The Morgan fingerprint density at radius 3 is 2.50 bits per heavy atom. The fraction of sp³-hybridized carbons (Fsp3) is 0.923. The van der Waals surface area contributed by atoms with Crippen molar-refractivity contribution in [2.75, 3.05) is 6.54 Å². The van der Waals surface area contributed by atoms with Crippen LogP contribution in [-0.2, 0) is 4.79 Å². The smallest absolute Gasteiger partial charge is 0.237 e. The lowest BCUT2D eigenvalue weighted by atomic mass is 9.87. The molecule has 1 saturated carbocycles. The topological polar surface area (TPSA) is 55.1 Å². The van der Waals surface area contributed by atoms with E-state index in [1.54, 1.807) is 0 Å². The van der Waals surface area contributed by atoms with Crippen molar-refractivity contribution < 1.29 is 4.79 Å². The van der Waals surface area contributed by atoms with Crippen LogP contribution in [0, 0.1) is 17.3 Å². The predicted octanol–water partition coefficient (Wildman–Crippen LogP) is 1.91. The van der Waals surface area contributed by atoms with Gasteiger partial charge in [0.1, 0.15) is 0 Å². The molecule has 0 bridgehead atoms. The Balaban J connectivity index is 2.30. The number of rotatable bonds is 3. The van der Waals surface area contributed by atoms with Crippen LogP contribution in [0.5, 0.6) is 0 Å².